The molecule has 0 unspecified atom stereocenters. The average molecular weight is 552 g/mol. The van der Waals surface area contributed by atoms with Gasteiger partial charge in [-0.15, -0.1) is 0 Å². The Morgan fingerprint density at radius 2 is 1.84 bits per heavy atom. The lowest BCUT2D eigenvalue weighted by Crippen LogP contribution is -2.56. The van der Waals surface area contributed by atoms with Crippen molar-refractivity contribution in [3.63, 3.8) is 0 Å². The number of nitrogens with zero attached hydrogens (tertiary/aromatic N) is 4. The summed E-state index contributed by atoms with van der Waals surface area (Å²) < 4.78 is 81.4. The Bertz CT molecular complexity index is 1350. The van der Waals surface area contributed by atoms with E-state index in [2.05, 4.69) is 19.6 Å². The van der Waals surface area contributed by atoms with Crippen LogP contribution in [-0.4, -0.2) is 56.0 Å². The number of piperidine rings is 1. The van der Waals surface area contributed by atoms with Crippen LogP contribution in [-0.2, 0) is 22.6 Å². The molecule has 1 aromatic heterocycles. The van der Waals surface area contributed by atoms with Crippen molar-refractivity contribution in [2.24, 2.45) is 0 Å². The second kappa shape index (κ2) is 10.9. The quantitative estimate of drug-likeness (QED) is 0.399. The summed E-state index contributed by atoms with van der Waals surface area (Å²) in [7, 11) is -0.265. The molecule has 4 rings (SSSR count). The van der Waals surface area contributed by atoms with Crippen LogP contribution in [0.25, 0.3) is 0 Å². The van der Waals surface area contributed by atoms with Gasteiger partial charge in [0, 0.05) is 30.5 Å². The van der Waals surface area contributed by atoms with Crippen LogP contribution >= 0.6 is 0 Å². The molecule has 1 fully saturated rings. The fourth-order valence-corrected chi connectivity index (χ4v) is 5.88. The molecule has 7 nitrogen and oxygen atoms in total. The summed E-state index contributed by atoms with van der Waals surface area (Å²) in [5, 5.41) is 0. The molecule has 0 saturated carbocycles. The number of likely N-dealkylation sites (N-methyl/N-ethyl adjacent to an activating group) is 1. The number of hydrogen-bond donors (Lipinski definition) is 1. The van der Waals surface area contributed by atoms with Crippen molar-refractivity contribution in [3.8, 4) is 0 Å². The minimum atomic E-state index is -4.37. The highest BCUT2D eigenvalue weighted by atomic mass is 32.2. The highest BCUT2D eigenvalue weighted by molar-refractivity contribution is 7.92. The van der Waals surface area contributed by atoms with Crippen molar-refractivity contribution < 1.29 is 26.0 Å². The van der Waals surface area contributed by atoms with Crippen LogP contribution in [0.15, 0.2) is 66.0 Å². The third-order valence-electron chi connectivity index (χ3n) is 7.06. The Labute approximate surface area is 219 Å². The van der Waals surface area contributed by atoms with Crippen molar-refractivity contribution in [1.82, 2.24) is 14.9 Å². The van der Waals surface area contributed by atoms with Crippen molar-refractivity contribution in [2.45, 2.75) is 42.3 Å². The fraction of sp³-hybridized carbons (Fsp3) is 0.385. The maximum absolute atomic E-state index is 15.1. The molecular formula is C26H29F4N5O2S. The zero-order valence-corrected chi connectivity index (χ0v) is 21.9. The molecule has 0 spiro atoms. The Morgan fingerprint density at radius 1 is 1.11 bits per heavy atom. The van der Waals surface area contributed by atoms with Gasteiger partial charge in [-0.25, -0.2) is 22.8 Å². The Morgan fingerprint density at radius 3 is 2.45 bits per heavy atom. The van der Waals surface area contributed by atoms with E-state index in [0.717, 1.165) is 30.5 Å². The molecule has 1 aliphatic heterocycles. The number of alkyl halides is 3. The summed E-state index contributed by atoms with van der Waals surface area (Å²) in [5.74, 6) is -0.849. The van der Waals surface area contributed by atoms with Gasteiger partial charge >= 0.3 is 6.18 Å². The maximum Gasteiger partial charge on any atom is 0.416 e. The molecule has 0 amide bonds. The summed E-state index contributed by atoms with van der Waals surface area (Å²) >= 11 is 0. The first-order chi connectivity index (χ1) is 17.9. The highest BCUT2D eigenvalue weighted by Crippen LogP contribution is 2.35. The van der Waals surface area contributed by atoms with Crippen molar-refractivity contribution >= 4 is 21.5 Å². The van der Waals surface area contributed by atoms with Crippen LogP contribution in [0.4, 0.5) is 29.1 Å². The van der Waals surface area contributed by atoms with Gasteiger partial charge in [0.05, 0.1) is 5.56 Å². The smallest absolute Gasteiger partial charge is 0.370 e. The topological polar surface area (TPSA) is 78.4 Å². The minimum Gasteiger partial charge on any atom is -0.370 e. The first-order valence-electron chi connectivity index (χ1n) is 12.1. The lowest BCUT2D eigenvalue weighted by atomic mass is 9.82. The van der Waals surface area contributed by atoms with Crippen molar-refractivity contribution in [2.75, 3.05) is 36.8 Å². The van der Waals surface area contributed by atoms with Gasteiger partial charge in [0.1, 0.15) is 22.9 Å². The summed E-state index contributed by atoms with van der Waals surface area (Å²) in [4.78, 5) is 11.2. The number of anilines is 2. The third kappa shape index (κ3) is 6.24. The Balaban J connectivity index is 1.49. The van der Waals surface area contributed by atoms with Crippen molar-refractivity contribution in [1.29, 1.82) is 0 Å². The summed E-state index contributed by atoms with van der Waals surface area (Å²) in [6.07, 6.45) is 1.15. The van der Waals surface area contributed by atoms with Gasteiger partial charge < -0.3 is 9.80 Å². The van der Waals surface area contributed by atoms with Gasteiger partial charge in [-0.3, -0.25) is 4.72 Å². The largest absolute Gasteiger partial charge is 0.416 e. The number of nitrogens with one attached hydrogen (secondary N) is 1. The number of sulfonamides is 1. The lowest BCUT2D eigenvalue weighted by Gasteiger charge is -2.48. The zero-order chi connectivity index (χ0) is 27.6. The van der Waals surface area contributed by atoms with E-state index < -0.39 is 32.5 Å². The third-order valence-corrected chi connectivity index (χ3v) is 8.44. The molecule has 38 heavy (non-hydrogen) atoms. The highest BCUT2D eigenvalue weighted by Gasteiger charge is 2.38. The monoisotopic (exact) mass is 551 g/mol. The minimum absolute atomic E-state index is 0.0309. The van der Waals surface area contributed by atoms with Crippen LogP contribution in [0.5, 0.6) is 0 Å². The summed E-state index contributed by atoms with van der Waals surface area (Å²) in [6.45, 7) is 1.23. The summed E-state index contributed by atoms with van der Waals surface area (Å²) in [6, 6.07) is 10.6. The maximum atomic E-state index is 15.1. The first kappa shape index (κ1) is 27.8. The number of aromatic nitrogens is 2. The molecule has 0 aliphatic carbocycles. The first-order valence-corrected chi connectivity index (χ1v) is 13.5. The average Bonchev–Trinajstić information content (AvgIpc) is 2.87. The fourth-order valence-electron chi connectivity index (χ4n) is 4.81. The van der Waals surface area contributed by atoms with E-state index in [1.807, 2.05) is 19.0 Å². The molecule has 0 bridgehead atoms. The summed E-state index contributed by atoms with van der Waals surface area (Å²) in [5.41, 5.74) is 0.403. The molecule has 1 saturated heterocycles. The van der Waals surface area contributed by atoms with Gasteiger partial charge in [-0.1, -0.05) is 12.1 Å². The molecule has 1 atom stereocenters. The number of rotatable bonds is 8. The molecule has 3 aromatic rings. The molecule has 1 N–H and O–H groups in total. The number of halogens is 4. The van der Waals surface area contributed by atoms with Gasteiger partial charge in [-0.2, -0.15) is 13.2 Å². The Hall–Kier alpha value is -3.25. The van der Waals surface area contributed by atoms with Crippen LogP contribution < -0.4 is 9.62 Å². The van der Waals surface area contributed by atoms with Crippen LogP contribution in [0, 0.1) is 5.82 Å². The molecule has 204 valence electrons. The second-order valence-electron chi connectivity index (χ2n) is 9.65. The molecule has 0 radical (unpaired) electrons. The molecular weight excluding hydrogens is 522 g/mol. The predicted octanol–water partition coefficient (Wildman–Crippen LogP) is 4.97. The molecule has 1 aliphatic rings. The van der Waals surface area contributed by atoms with Crippen LogP contribution in [0.2, 0.25) is 0 Å². The number of aryl methyl sites for hydroxylation is 1. The molecule has 2 aromatic carbocycles. The van der Waals surface area contributed by atoms with E-state index in [0.29, 0.717) is 31.6 Å². The SMILES string of the molecule is CN(C)[C@]1(CCc2ccc(C(F)(F)F)cc2)CCCN(c2ccc(S(=O)(=O)Nc3ccncn3)c(F)c2)C1. The van der Waals surface area contributed by atoms with Gasteiger partial charge in [0.15, 0.2) is 0 Å². The van der Waals surface area contributed by atoms with E-state index >= 15 is 4.39 Å². The van der Waals surface area contributed by atoms with Gasteiger partial charge in [0.2, 0.25) is 0 Å². The van der Waals surface area contributed by atoms with E-state index in [-0.39, 0.29) is 11.4 Å². The van der Waals surface area contributed by atoms with Crippen LogP contribution in [0.3, 0.4) is 0 Å². The zero-order valence-electron chi connectivity index (χ0n) is 21.0. The lowest BCUT2D eigenvalue weighted by molar-refractivity contribution is -0.137. The number of benzene rings is 2. The predicted molar refractivity (Wildman–Crippen MR) is 137 cm³/mol. The van der Waals surface area contributed by atoms with Gasteiger partial charge in [0.25, 0.3) is 10.0 Å². The molecule has 12 heteroatoms. The molecule has 2 heterocycles. The standard InChI is InChI=1S/C26H29F4N5O2S/c1-34(2)25(13-10-19-4-6-20(7-5-19)26(28,29)30)12-3-15-35(17-25)21-8-9-23(22(27)16-21)38(36,37)33-24-11-14-31-18-32-24/h4-9,11,14,16,18H,3,10,12-13,15,17H2,1-2H3,(H,31,32,33)/t25-/m0/s1. The van der Waals surface area contributed by atoms with E-state index in [9.17, 15) is 21.6 Å². The Kier molecular flexibility index (Phi) is 7.93. The van der Waals surface area contributed by atoms with Crippen molar-refractivity contribution in [3.05, 3.63) is 78.0 Å². The van der Waals surface area contributed by atoms with E-state index in [4.69, 9.17) is 0 Å². The number of hydrogen-bond acceptors (Lipinski definition) is 6. The normalized spacial score (nSPS) is 18.6. The van der Waals surface area contributed by atoms with E-state index in [1.54, 1.807) is 6.07 Å². The van der Waals surface area contributed by atoms with Crippen LogP contribution in [0.1, 0.15) is 30.4 Å². The van der Waals surface area contributed by atoms with Gasteiger partial charge in [-0.05, 0) is 81.7 Å². The second-order valence-corrected chi connectivity index (χ2v) is 11.3. The van der Waals surface area contributed by atoms with E-state index in [1.165, 1.54) is 42.9 Å².